The van der Waals surface area contributed by atoms with E-state index in [0.717, 1.165) is 29.8 Å². The van der Waals surface area contributed by atoms with Gasteiger partial charge in [0.1, 0.15) is 0 Å². The van der Waals surface area contributed by atoms with Gasteiger partial charge in [0.15, 0.2) is 0 Å². The number of rotatable bonds is 8. The van der Waals surface area contributed by atoms with Crippen molar-refractivity contribution in [3.63, 3.8) is 0 Å². The van der Waals surface area contributed by atoms with Crippen molar-refractivity contribution in [3.05, 3.63) is 205 Å². The third-order valence-corrected chi connectivity index (χ3v) is 10.3. The Labute approximate surface area is 300 Å². The Hall–Kier alpha value is -6.38. The number of allylic oxidation sites excluding steroid dienone is 3. The maximum Gasteiger partial charge on any atom is 0.0633 e. The van der Waals surface area contributed by atoms with E-state index in [2.05, 4.69) is 198 Å². The minimum atomic E-state index is 0.245. The highest BCUT2D eigenvalue weighted by Crippen LogP contribution is 2.49. The maximum atomic E-state index is 4.21. The molecule has 1 atom stereocenters. The van der Waals surface area contributed by atoms with Crippen LogP contribution in [0.5, 0.6) is 0 Å². The fraction of sp³-hybridized carbons (Fsp3) is 0.0612. The number of aromatic nitrogens is 1. The zero-order chi connectivity index (χ0) is 34.1. The SMILES string of the molecule is C=Cc1c(/C=C\CC2=CCC3C(=C2)c2cc(-c4ccccc4)ccc2N3c2ccc(-c3ccccc3)cc2)n(-c2ccccc2)c2ccccc12. The van der Waals surface area contributed by atoms with Crippen molar-refractivity contribution in [1.82, 2.24) is 4.57 Å². The summed E-state index contributed by atoms with van der Waals surface area (Å²) in [5.41, 5.74) is 16.2. The summed E-state index contributed by atoms with van der Waals surface area (Å²) in [6.45, 7) is 4.21. The van der Waals surface area contributed by atoms with Crippen LogP contribution < -0.4 is 4.90 Å². The first kappa shape index (κ1) is 30.7. The molecular weight excluding hydrogens is 617 g/mol. The van der Waals surface area contributed by atoms with E-state index in [9.17, 15) is 0 Å². The second-order valence-corrected chi connectivity index (χ2v) is 13.3. The first-order valence-electron chi connectivity index (χ1n) is 17.8. The average molecular weight is 655 g/mol. The van der Waals surface area contributed by atoms with Crippen LogP contribution in [0.1, 0.15) is 29.7 Å². The van der Waals surface area contributed by atoms with Crippen molar-refractivity contribution >= 4 is 40.0 Å². The van der Waals surface area contributed by atoms with E-state index in [-0.39, 0.29) is 6.04 Å². The number of benzene rings is 6. The second kappa shape index (κ2) is 13.2. The van der Waals surface area contributed by atoms with Gasteiger partial charge in [0.25, 0.3) is 0 Å². The smallest absolute Gasteiger partial charge is 0.0633 e. The molecule has 6 aromatic carbocycles. The molecule has 2 heterocycles. The predicted octanol–water partition coefficient (Wildman–Crippen LogP) is 12.9. The van der Waals surface area contributed by atoms with Crippen LogP contribution in [0.15, 0.2) is 188 Å². The van der Waals surface area contributed by atoms with Crippen LogP contribution >= 0.6 is 0 Å². The highest BCUT2D eigenvalue weighted by molar-refractivity contribution is 5.97. The predicted molar refractivity (Wildman–Crippen MR) is 217 cm³/mol. The third-order valence-electron chi connectivity index (χ3n) is 10.3. The van der Waals surface area contributed by atoms with Gasteiger partial charge in [0.05, 0.1) is 17.3 Å². The summed E-state index contributed by atoms with van der Waals surface area (Å²) in [6, 6.07) is 56.9. The molecule has 0 amide bonds. The number of nitrogens with zero attached hydrogens (tertiary/aromatic N) is 2. The molecule has 51 heavy (non-hydrogen) atoms. The van der Waals surface area contributed by atoms with Crippen molar-refractivity contribution < 1.29 is 0 Å². The van der Waals surface area contributed by atoms with Crippen LogP contribution in [0.4, 0.5) is 11.4 Å². The molecule has 0 saturated heterocycles. The van der Waals surface area contributed by atoms with Crippen LogP contribution in [0.3, 0.4) is 0 Å². The number of anilines is 2. The standard InChI is InChI=1S/C49H38N2/c1-2-42-43-22-12-13-23-47(43)50(40-20-10-5-11-21-40)46(42)24-14-15-35-25-31-48-44(33-35)45-34-39(37-18-8-4-9-19-37)28-32-49(45)51(48)41-29-26-38(27-30-41)36-16-6-3-7-17-36/h2-14,16-30,32-34,48H,1,15,31H2/b24-14-. The summed E-state index contributed by atoms with van der Waals surface area (Å²) in [6.07, 6.45) is 13.3. The van der Waals surface area contributed by atoms with Gasteiger partial charge in [0.2, 0.25) is 0 Å². The van der Waals surface area contributed by atoms with E-state index in [0.29, 0.717) is 0 Å². The van der Waals surface area contributed by atoms with Gasteiger partial charge in [0, 0.05) is 33.6 Å². The van der Waals surface area contributed by atoms with Gasteiger partial charge in [-0.1, -0.05) is 146 Å². The molecule has 0 radical (unpaired) electrons. The molecule has 1 aliphatic carbocycles. The summed E-state index contributed by atoms with van der Waals surface area (Å²) in [5, 5.41) is 1.21. The molecule has 2 heteroatoms. The van der Waals surface area contributed by atoms with Gasteiger partial charge in [-0.25, -0.2) is 0 Å². The number of para-hydroxylation sites is 2. The Morgan fingerprint density at radius 3 is 1.98 bits per heavy atom. The van der Waals surface area contributed by atoms with Crippen molar-refractivity contribution in [1.29, 1.82) is 0 Å². The molecule has 1 unspecified atom stereocenters. The first-order chi connectivity index (χ1) is 25.3. The van der Waals surface area contributed by atoms with Gasteiger partial charge >= 0.3 is 0 Å². The lowest BCUT2D eigenvalue weighted by molar-refractivity contribution is 0.821. The van der Waals surface area contributed by atoms with Crippen LogP contribution in [0, 0.1) is 0 Å². The molecule has 244 valence electrons. The Bertz CT molecular complexity index is 2460. The lowest BCUT2D eigenvalue weighted by Gasteiger charge is -2.29. The van der Waals surface area contributed by atoms with Crippen LogP contribution in [0.25, 0.3) is 56.6 Å². The van der Waals surface area contributed by atoms with E-state index in [1.165, 1.54) is 61.2 Å². The van der Waals surface area contributed by atoms with Gasteiger partial charge in [-0.05, 0) is 94.8 Å². The highest BCUT2D eigenvalue weighted by atomic mass is 15.2. The van der Waals surface area contributed by atoms with Crippen molar-refractivity contribution in [2.24, 2.45) is 0 Å². The number of hydrogen-bond donors (Lipinski definition) is 0. The molecule has 7 aromatic rings. The fourth-order valence-electron chi connectivity index (χ4n) is 7.93. The normalized spacial score (nSPS) is 15.1. The molecule has 0 saturated carbocycles. The van der Waals surface area contributed by atoms with Gasteiger partial charge in [-0.15, -0.1) is 0 Å². The molecule has 1 aliphatic heterocycles. The summed E-state index contributed by atoms with van der Waals surface area (Å²) in [7, 11) is 0. The summed E-state index contributed by atoms with van der Waals surface area (Å²) >= 11 is 0. The van der Waals surface area contributed by atoms with Gasteiger partial charge < -0.3 is 9.47 Å². The van der Waals surface area contributed by atoms with Gasteiger partial charge in [-0.2, -0.15) is 0 Å². The molecule has 0 fully saturated rings. The largest absolute Gasteiger partial charge is 0.333 e. The topological polar surface area (TPSA) is 8.17 Å². The Morgan fingerprint density at radius 2 is 1.25 bits per heavy atom. The van der Waals surface area contributed by atoms with Crippen molar-refractivity contribution in [2.75, 3.05) is 4.90 Å². The molecule has 0 spiro atoms. The highest BCUT2D eigenvalue weighted by Gasteiger charge is 2.36. The Balaban J connectivity index is 1.07. The van der Waals surface area contributed by atoms with E-state index < -0.39 is 0 Å². The molecule has 2 aliphatic rings. The minimum absolute atomic E-state index is 0.245. The molecule has 1 aromatic heterocycles. The fourth-order valence-corrected chi connectivity index (χ4v) is 7.93. The van der Waals surface area contributed by atoms with E-state index in [1.807, 2.05) is 6.08 Å². The summed E-state index contributed by atoms with van der Waals surface area (Å²) in [5.74, 6) is 0. The molecule has 0 N–H and O–H groups in total. The monoisotopic (exact) mass is 654 g/mol. The zero-order valence-corrected chi connectivity index (χ0v) is 28.5. The van der Waals surface area contributed by atoms with Crippen LogP contribution in [0.2, 0.25) is 0 Å². The second-order valence-electron chi connectivity index (χ2n) is 13.3. The third kappa shape index (κ3) is 5.56. The maximum absolute atomic E-state index is 4.21. The van der Waals surface area contributed by atoms with E-state index in [1.54, 1.807) is 0 Å². The van der Waals surface area contributed by atoms with Gasteiger partial charge in [-0.3, -0.25) is 0 Å². The molecular formula is C49H38N2. The quantitative estimate of drug-likeness (QED) is 0.158. The Morgan fingerprint density at radius 1 is 0.627 bits per heavy atom. The molecule has 0 bridgehead atoms. The average Bonchev–Trinajstić information content (AvgIpc) is 3.70. The lowest BCUT2D eigenvalue weighted by Crippen LogP contribution is -2.27. The Kier molecular flexibility index (Phi) is 7.91. The lowest BCUT2D eigenvalue weighted by atomic mass is 9.89. The van der Waals surface area contributed by atoms with E-state index in [4.69, 9.17) is 0 Å². The zero-order valence-electron chi connectivity index (χ0n) is 28.5. The summed E-state index contributed by atoms with van der Waals surface area (Å²) < 4.78 is 2.35. The summed E-state index contributed by atoms with van der Waals surface area (Å²) in [4.78, 5) is 2.54. The molecule has 9 rings (SSSR count). The number of fused-ring (bicyclic) bond motifs is 4. The van der Waals surface area contributed by atoms with Crippen molar-refractivity contribution in [3.8, 4) is 27.9 Å². The first-order valence-corrected chi connectivity index (χ1v) is 17.8. The van der Waals surface area contributed by atoms with E-state index >= 15 is 0 Å². The number of hydrogen-bond acceptors (Lipinski definition) is 1. The molecule has 2 nitrogen and oxygen atoms in total. The van der Waals surface area contributed by atoms with Crippen LogP contribution in [-0.2, 0) is 0 Å². The minimum Gasteiger partial charge on any atom is -0.333 e. The van der Waals surface area contributed by atoms with Crippen LogP contribution in [-0.4, -0.2) is 10.6 Å². The van der Waals surface area contributed by atoms with Crippen molar-refractivity contribution in [2.45, 2.75) is 18.9 Å².